The van der Waals surface area contributed by atoms with E-state index in [1.165, 1.54) is 18.2 Å². The maximum atomic E-state index is 11.8. The highest BCUT2D eigenvalue weighted by atomic mass is 35.5. The van der Waals surface area contributed by atoms with Gasteiger partial charge in [-0.1, -0.05) is 11.6 Å². The summed E-state index contributed by atoms with van der Waals surface area (Å²) < 4.78 is 5.46. The van der Waals surface area contributed by atoms with Gasteiger partial charge >= 0.3 is 12.0 Å². The SMILES string of the molecule is O=C(NCCC1CCCO1)Nc1cc(C(=O)O)ccc1Cl. The molecule has 1 aliphatic rings. The van der Waals surface area contributed by atoms with Crippen LogP contribution in [0.1, 0.15) is 29.6 Å². The van der Waals surface area contributed by atoms with Crippen molar-refractivity contribution in [3.05, 3.63) is 28.8 Å². The number of aromatic carboxylic acids is 1. The van der Waals surface area contributed by atoms with E-state index in [-0.39, 0.29) is 22.4 Å². The Labute approximate surface area is 127 Å². The highest BCUT2D eigenvalue weighted by molar-refractivity contribution is 6.33. The Balaban J connectivity index is 1.84. The molecule has 1 aliphatic heterocycles. The van der Waals surface area contributed by atoms with E-state index in [9.17, 15) is 9.59 Å². The molecule has 0 radical (unpaired) electrons. The maximum absolute atomic E-state index is 11.8. The number of carboxylic acids is 1. The van der Waals surface area contributed by atoms with Crippen molar-refractivity contribution in [3.63, 3.8) is 0 Å². The molecule has 21 heavy (non-hydrogen) atoms. The predicted molar refractivity (Wildman–Crippen MR) is 79.0 cm³/mol. The molecule has 1 atom stereocenters. The monoisotopic (exact) mass is 312 g/mol. The molecule has 0 spiro atoms. The Kier molecular flexibility index (Phi) is 5.41. The quantitative estimate of drug-likeness (QED) is 0.780. The fourth-order valence-electron chi connectivity index (χ4n) is 2.14. The largest absolute Gasteiger partial charge is 0.478 e. The van der Waals surface area contributed by atoms with Gasteiger partial charge in [0.25, 0.3) is 0 Å². The second kappa shape index (κ2) is 7.28. The van der Waals surface area contributed by atoms with Crippen molar-refractivity contribution in [2.45, 2.75) is 25.4 Å². The van der Waals surface area contributed by atoms with E-state index in [1.54, 1.807) is 0 Å². The van der Waals surface area contributed by atoms with E-state index in [0.717, 1.165) is 25.9 Å². The third kappa shape index (κ3) is 4.61. The van der Waals surface area contributed by atoms with Crippen LogP contribution in [0.4, 0.5) is 10.5 Å². The van der Waals surface area contributed by atoms with Gasteiger partial charge in [-0.05, 0) is 37.5 Å². The molecule has 2 rings (SSSR count). The summed E-state index contributed by atoms with van der Waals surface area (Å²) in [6.07, 6.45) is 3.06. The number of amides is 2. The molecule has 3 N–H and O–H groups in total. The minimum Gasteiger partial charge on any atom is -0.478 e. The topological polar surface area (TPSA) is 87.7 Å². The Hall–Kier alpha value is -1.79. The van der Waals surface area contributed by atoms with Crippen LogP contribution in [-0.4, -0.2) is 36.4 Å². The van der Waals surface area contributed by atoms with Crippen LogP contribution in [0, 0.1) is 0 Å². The molecule has 1 heterocycles. The van der Waals surface area contributed by atoms with Crippen molar-refractivity contribution in [1.29, 1.82) is 0 Å². The number of hydrogen-bond acceptors (Lipinski definition) is 3. The molecule has 0 aromatic heterocycles. The van der Waals surface area contributed by atoms with Crippen LogP contribution in [-0.2, 0) is 4.74 Å². The first kappa shape index (κ1) is 15.6. The summed E-state index contributed by atoms with van der Waals surface area (Å²) in [7, 11) is 0. The number of nitrogens with one attached hydrogen (secondary N) is 2. The minimum atomic E-state index is -1.08. The first-order valence-electron chi connectivity index (χ1n) is 6.75. The van der Waals surface area contributed by atoms with Crippen LogP contribution in [0.2, 0.25) is 5.02 Å². The van der Waals surface area contributed by atoms with Crippen molar-refractivity contribution >= 4 is 29.3 Å². The van der Waals surface area contributed by atoms with Gasteiger partial charge in [0.1, 0.15) is 0 Å². The van der Waals surface area contributed by atoms with Crippen LogP contribution in [0.3, 0.4) is 0 Å². The van der Waals surface area contributed by atoms with Crippen LogP contribution >= 0.6 is 11.6 Å². The first-order chi connectivity index (χ1) is 10.1. The number of carboxylic acid groups (broad SMARTS) is 1. The standard InChI is InChI=1S/C14H17ClN2O4/c15-11-4-3-9(13(18)19)8-12(11)17-14(20)16-6-5-10-2-1-7-21-10/h3-4,8,10H,1-2,5-7H2,(H,18,19)(H2,16,17,20). The highest BCUT2D eigenvalue weighted by Crippen LogP contribution is 2.23. The summed E-state index contributed by atoms with van der Waals surface area (Å²) >= 11 is 5.93. The number of rotatable bonds is 5. The Morgan fingerprint density at radius 1 is 1.43 bits per heavy atom. The van der Waals surface area contributed by atoms with Gasteiger partial charge < -0.3 is 20.5 Å². The molecule has 0 bridgehead atoms. The summed E-state index contributed by atoms with van der Waals surface area (Å²) in [5.41, 5.74) is 0.334. The summed E-state index contributed by atoms with van der Waals surface area (Å²) in [4.78, 5) is 22.6. The highest BCUT2D eigenvalue weighted by Gasteiger charge is 2.15. The molecule has 1 aromatic carbocycles. The zero-order valence-electron chi connectivity index (χ0n) is 11.4. The molecule has 0 aliphatic carbocycles. The Morgan fingerprint density at radius 3 is 2.90 bits per heavy atom. The number of ether oxygens (including phenoxy) is 1. The number of benzene rings is 1. The number of carbonyl (C=O) groups excluding carboxylic acids is 1. The average Bonchev–Trinajstić information content (AvgIpc) is 2.94. The van der Waals surface area contributed by atoms with E-state index < -0.39 is 12.0 Å². The van der Waals surface area contributed by atoms with Gasteiger partial charge in [-0.3, -0.25) is 0 Å². The number of anilines is 1. The van der Waals surface area contributed by atoms with Crippen LogP contribution in [0.25, 0.3) is 0 Å². The molecule has 1 aromatic rings. The van der Waals surface area contributed by atoms with Gasteiger partial charge in [-0.25, -0.2) is 9.59 Å². The molecular formula is C14H17ClN2O4. The smallest absolute Gasteiger partial charge is 0.335 e. The molecule has 1 unspecified atom stereocenters. The van der Waals surface area contributed by atoms with Gasteiger partial charge in [-0.2, -0.15) is 0 Å². The number of urea groups is 1. The van der Waals surface area contributed by atoms with Gasteiger partial charge in [0, 0.05) is 13.2 Å². The van der Waals surface area contributed by atoms with Crippen molar-refractivity contribution in [2.24, 2.45) is 0 Å². The number of hydrogen-bond donors (Lipinski definition) is 3. The van der Waals surface area contributed by atoms with E-state index >= 15 is 0 Å². The van der Waals surface area contributed by atoms with Crippen molar-refractivity contribution < 1.29 is 19.4 Å². The van der Waals surface area contributed by atoms with E-state index in [0.29, 0.717) is 6.54 Å². The molecule has 114 valence electrons. The first-order valence-corrected chi connectivity index (χ1v) is 7.13. The fraction of sp³-hybridized carbons (Fsp3) is 0.429. The molecule has 7 heteroatoms. The average molecular weight is 313 g/mol. The summed E-state index contributed by atoms with van der Waals surface area (Å²) in [6, 6.07) is 3.72. The normalized spacial score (nSPS) is 17.5. The van der Waals surface area contributed by atoms with Gasteiger partial charge in [0.15, 0.2) is 0 Å². The second-order valence-electron chi connectivity index (χ2n) is 4.80. The number of halogens is 1. The lowest BCUT2D eigenvalue weighted by molar-refractivity contribution is 0.0697. The Bertz CT molecular complexity index is 530. The third-order valence-corrected chi connectivity index (χ3v) is 3.57. The lowest BCUT2D eigenvalue weighted by Gasteiger charge is -2.12. The van der Waals surface area contributed by atoms with E-state index in [4.69, 9.17) is 21.4 Å². The molecule has 0 saturated carbocycles. The molecule has 6 nitrogen and oxygen atoms in total. The lowest BCUT2D eigenvalue weighted by atomic mass is 10.2. The van der Waals surface area contributed by atoms with Crippen molar-refractivity contribution in [2.75, 3.05) is 18.5 Å². The minimum absolute atomic E-state index is 0.0639. The van der Waals surface area contributed by atoms with Crippen LogP contribution in [0.15, 0.2) is 18.2 Å². The zero-order valence-corrected chi connectivity index (χ0v) is 12.2. The van der Waals surface area contributed by atoms with E-state index in [2.05, 4.69) is 10.6 Å². The Morgan fingerprint density at radius 2 is 2.24 bits per heavy atom. The molecular weight excluding hydrogens is 296 g/mol. The number of carbonyl (C=O) groups is 2. The summed E-state index contributed by atoms with van der Waals surface area (Å²) in [5, 5.41) is 14.4. The van der Waals surface area contributed by atoms with E-state index in [1.807, 2.05) is 0 Å². The van der Waals surface area contributed by atoms with Gasteiger partial charge in [-0.15, -0.1) is 0 Å². The van der Waals surface area contributed by atoms with Crippen LogP contribution < -0.4 is 10.6 Å². The molecule has 2 amide bonds. The second-order valence-corrected chi connectivity index (χ2v) is 5.21. The van der Waals surface area contributed by atoms with Crippen molar-refractivity contribution in [1.82, 2.24) is 5.32 Å². The molecule has 1 fully saturated rings. The third-order valence-electron chi connectivity index (χ3n) is 3.24. The lowest BCUT2D eigenvalue weighted by Crippen LogP contribution is -2.31. The van der Waals surface area contributed by atoms with Crippen molar-refractivity contribution in [3.8, 4) is 0 Å². The summed E-state index contributed by atoms with van der Waals surface area (Å²) in [6.45, 7) is 1.28. The van der Waals surface area contributed by atoms with Gasteiger partial charge in [0.05, 0.1) is 22.4 Å². The fourth-order valence-corrected chi connectivity index (χ4v) is 2.30. The predicted octanol–water partition coefficient (Wildman–Crippen LogP) is 2.73. The van der Waals surface area contributed by atoms with Gasteiger partial charge in [0.2, 0.25) is 0 Å². The summed E-state index contributed by atoms with van der Waals surface area (Å²) in [5.74, 6) is -1.08. The molecule has 1 saturated heterocycles. The van der Waals surface area contributed by atoms with Crippen LogP contribution in [0.5, 0.6) is 0 Å². The maximum Gasteiger partial charge on any atom is 0.335 e. The zero-order chi connectivity index (χ0) is 15.2.